The molecule has 0 saturated heterocycles. The Morgan fingerprint density at radius 3 is 2.26 bits per heavy atom. The fraction of sp³-hybridized carbons (Fsp3) is 0.192. The third kappa shape index (κ3) is 6.17. The van der Waals surface area contributed by atoms with Crippen LogP contribution in [-0.2, 0) is 27.0 Å². The quantitative estimate of drug-likeness (QED) is 0.311. The molecule has 0 unspecified atom stereocenters. The normalized spacial score (nSPS) is 11.4. The van der Waals surface area contributed by atoms with E-state index in [0.717, 1.165) is 17.0 Å². The molecule has 174 valence electrons. The van der Waals surface area contributed by atoms with Crippen LogP contribution in [0.2, 0.25) is 0 Å². The van der Waals surface area contributed by atoms with Crippen LogP contribution >= 0.6 is 0 Å². The van der Waals surface area contributed by atoms with E-state index in [1.807, 2.05) is 36.4 Å². The molecule has 34 heavy (non-hydrogen) atoms. The fourth-order valence-corrected chi connectivity index (χ4v) is 4.92. The second-order valence-electron chi connectivity index (χ2n) is 8.04. The Bertz CT molecular complexity index is 1390. The molecular formula is C26H25N3O4S. The Kier molecular flexibility index (Phi) is 7.18. The van der Waals surface area contributed by atoms with Crippen molar-refractivity contribution < 1.29 is 18.3 Å². The molecular weight excluding hydrogens is 450 g/mol. The van der Waals surface area contributed by atoms with Crippen molar-refractivity contribution in [1.29, 1.82) is 0 Å². The maximum Gasteiger partial charge on any atom is 0.303 e. The monoisotopic (exact) mass is 475 g/mol. The summed E-state index contributed by atoms with van der Waals surface area (Å²) in [6.45, 7) is 0. The Morgan fingerprint density at radius 1 is 0.853 bits per heavy atom. The Labute approximate surface area is 198 Å². The highest BCUT2D eigenvalue weighted by Crippen LogP contribution is 2.26. The summed E-state index contributed by atoms with van der Waals surface area (Å²) in [4.78, 5) is 20.5. The Morgan fingerprint density at radius 2 is 1.56 bits per heavy atom. The zero-order valence-electron chi connectivity index (χ0n) is 18.5. The molecule has 0 aliphatic heterocycles. The highest BCUT2D eigenvalue weighted by molar-refractivity contribution is 7.91. The average molecular weight is 476 g/mol. The van der Waals surface area contributed by atoms with Gasteiger partial charge >= 0.3 is 5.97 Å². The number of rotatable bonds is 10. The first-order valence-corrected chi connectivity index (χ1v) is 12.7. The van der Waals surface area contributed by atoms with Gasteiger partial charge in [0, 0.05) is 12.0 Å². The molecule has 0 aliphatic carbocycles. The number of nitrogens with one attached hydrogen (secondary N) is 1. The Balaban J connectivity index is 1.63. The minimum absolute atomic E-state index is 0.106. The van der Waals surface area contributed by atoms with Crippen molar-refractivity contribution in [2.24, 2.45) is 0 Å². The Hall–Kier alpha value is -3.78. The summed E-state index contributed by atoms with van der Waals surface area (Å²) in [6.07, 6.45) is 1.89. The van der Waals surface area contributed by atoms with E-state index in [4.69, 9.17) is 15.1 Å². The molecule has 0 fully saturated rings. The van der Waals surface area contributed by atoms with E-state index < -0.39 is 16.0 Å². The maximum atomic E-state index is 12.6. The number of fused-ring (bicyclic) bond motifs is 1. The summed E-state index contributed by atoms with van der Waals surface area (Å²) in [7, 11) is -3.60. The molecule has 0 aliphatic rings. The predicted octanol–water partition coefficient (Wildman–Crippen LogP) is 5.04. The van der Waals surface area contributed by atoms with Crippen LogP contribution in [0.3, 0.4) is 0 Å². The van der Waals surface area contributed by atoms with Crippen LogP contribution in [0.1, 0.15) is 30.5 Å². The summed E-state index contributed by atoms with van der Waals surface area (Å²) in [5.41, 5.74) is 4.78. The SMILES string of the molecule is O=C(O)CCCCc1nc2cc(NS(=O)(=O)Cc3ccccc3)ccc2nc1-c1ccccc1. The van der Waals surface area contributed by atoms with E-state index in [9.17, 15) is 13.2 Å². The molecule has 4 rings (SSSR count). The van der Waals surface area contributed by atoms with Gasteiger partial charge in [0.2, 0.25) is 10.0 Å². The van der Waals surface area contributed by atoms with Gasteiger partial charge in [0.05, 0.1) is 33.9 Å². The zero-order chi connectivity index (χ0) is 24.0. The van der Waals surface area contributed by atoms with E-state index in [0.29, 0.717) is 41.5 Å². The van der Waals surface area contributed by atoms with Gasteiger partial charge in [-0.1, -0.05) is 60.7 Å². The summed E-state index contributed by atoms with van der Waals surface area (Å²) < 4.78 is 27.9. The second kappa shape index (κ2) is 10.4. The number of carbonyl (C=O) groups is 1. The molecule has 1 heterocycles. The molecule has 0 bridgehead atoms. The number of unbranched alkanes of at least 4 members (excludes halogenated alkanes) is 1. The lowest BCUT2D eigenvalue weighted by Crippen LogP contribution is -2.15. The van der Waals surface area contributed by atoms with Crippen molar-refractivity contribution in [1.82, 2.24) is 9.97 Å². The van der Waals surface area contributed by atoms with Crippen LogP contribution in [0.5, 0.6) is 0 Å². The number of hydrogen-bond donors (Lipinski definition) is 2. The number of sulfonamides is 1. The fourth-order valence-electron chi connectivity index (χ4n) is 3.73. The topological polar surface area (TPSA) is 109 Å². The molecule has 0 amide bonds. The highest BCUT2D eigenvalue weighted by Gasteiger charge is 2.15. The number of aryl methyl sites for hydroxylation is 1. The number of hydrogen-bond acceptors (Lipinski definition) is 5. The smallest absolute Gasteiger partial charge is 0.303 e. The molecule has 0 radical (unpaired) electrons. The number of aliphatic carboxylic acids is 1. The van der Waals surface area contributed by atoms with Gasteiger partial charge in [0.15, 0.2) is 0 Å². The third-order valence-corrected chi connectivity index (χ3v) is 6.57. The summed E-state index contributed by atoms with van der Waals surface area (Å²) in [5.74, 6) is -0.945. The largest absolute Gasteiger partial charge is 0.481 e. The van der Waals surface area contributed by atoms with Gasteiger partial charge < -0.3 is 5.11 Å². The van der Waals surface area contributed by atoms with Gasteiger partial charge in [-0.25, -0.2) is 18.4 Å². The van der Waals surface area contributed by atoms with Crippen molar-refractivity contribution >= 4 is 32.7 Å². The van der Waals surface area contributed by atoms with Crippen LogP contribution in [0.25, 0.3) is 22.3 Å². The number of carboxylic acids is 1. The summed E-state index contributed by atoms with van der Waals surface area (Å²) in [6, 6.07) is 23.8. The standard InChI is InChI=1S/C26H25N3O4S/c30-25(31)14-8-7-13-23-26(20-11-5-2-6-12-20)28-22-16-15-21(17-24(22)27-23)29-34(32,33)18-19-9-3-1-4-10-19/h1-6,9-12,15-17,29H,7-8,13-14,18H2,(H,30,31). The molecule has 0 saturated carbocycles. The molecule has 4 aromatic rings. The van der Waals surface area contributed by atoms with E-state index in [2.05, 4.69) is 4.72 Å². The summed E-state index contributed by atoms with van der Waals surface area (Å²) >= 11 is 0. The molecule has 1 aromatic heterocycles. The van der Waals surface area contributed by atoms with Crippen LogP contribution in [0.4, 0.5) is 5.69 Å². The first-order valence-electron chi connectivity index (χ1n) is 11.0. The van der Waals surface area contributed by atoms with Gasteiger partial charge in [-0.15, -0.1) is 0 Å². The van der Waals surface area contributed by atoms with E-state index in [1.54, 1.807) is 42.5 Å². The first kappa shape index (κ1) is 23.4. The van der Waals surface area contributed by atoms with Crippen molar-refractivity contribution in [2.75, 3.05) is 4.72 Å². The van der Waals surface area contributed by atoms with Gasteiger partial charge in [0.1, 0.15) is 0 Å². The molecule has 8 heteroatoms. The molecule has 0 atom stereocenters. The van der Waals surface area contributed by atoms with E-state index in [1.165, 1.54) is 0 Å². The van der Waals surface area contributed by atoms with Gasteiger partial charge in [-0.3, -0.25) is 9.52 Å². The average Bonchev–Trinajstić information content (AvgIpc) is 2.82. The minimum Gasteiger partial charge on any atom is -0.481 e. The van der Waals surface area contributed by atoms with E-state index >= 15 is 0 Å². The van der Waals surface area contributed by atoms with Crippen molar-refractivity contribution in [3.8, 4) is 11.3 Å². The predicted molar refractivity (Wildman–Crippen MR) is 133 cm³/mol. The first-order chi connectivity index (χ1) is 16.4. The maximum absolute atomic E-state index is 12.6. The molecule has 2 N–H and O–H groups in total. The second-order valence-corrected chi connectivity index (χ2v) is 9.76. The van der Waals surface area contributed by atoms with Crippen LogP contribution in [0.15, 0.2) is 78.9 Å². The number of nitrogens with zero attached hydrogens (tertiary/aromatic N) is 2. The number of carboxylic acid groups (broad SMARTS) is 1. The van der Waals surface area contributed by atoms with Crippen LogP contribution in [-0.4, -0.2) is 29.5 Å². The number of benzene rings is 3. The zero-order valence-corrected chi connectivity index (χ0v) is 19.3. The lowest BCUT2D eigenvalue weighted by molar-refractivity contribution is -0.137. The molecule has 0 spiro atoms. The lowest BCUT2D eigenvalue weighted by atomic mass is 10.0. The molecule has 3 aromatic carbocycles. The van der Waals surface area contributed by atoms with Crippen LogP contribution in [0, 0.1) is 0 Å². The van der Waals surface area contributed by atoms with Gasteiger partial charge in [-0.05, 0) is 43.0 Å². The molecule has 7 nitrogen and oxygen atoms in total. The van der Waals surface area contributed by atoms with Crippen molar-refractivity contribution in [3.63, 3.8) is 0 Å². The lowest BCUT2D eigenvalue weighted by Gasteiger charge is -2.12. The van der Waals surface area contributed by atoms with Crippen molar-refractivity contribution in [3.05, 3.63) is 90.1 Å². The number of aromatic nitrogens is 2. The minimum atomic E-state index is -3.60. The van der Waals surface area contributed by atoms with Crippen LogP contribution < -0.4 is 4.72 Å². The van der Waals surface area contributed by atoms with E-state index in [-0.39, 0.29) is 12.2 Å². The third-order valence-electron chi connectivity index (χ3n) is 5.31. The van der Waals surface area contributed by atoms with Crippen molar-refractivity contribution in [2.45, 2.75) is 31.4 Å². The van der Waals surface area contributed by atoms with Gasteiger partial charge in [0.25, 0.3) is 0 Å². The summed E-state index contributed by atoms with van der Waals surface area (Å²) in [5, 5.41) is 8.92. The number of anilines is 1. The van der Waals surface area contributed by atoms with Gasteiger partial charge in [-0.2, -0.15) is 0 Å². The highest BCUT2D eigenvalue weighted by atomic mass is 32.2.